The summed E-state index contributed by atoms with van der Waals surface area (Å²) in [5, 5.41) is 1.42. The van der Waals surface area contributed by atoms with Crippen LogP contribution >= 0.6 is 0 Å². The van der Waals surface area contributed by atoms with E-state index in [0.717, 1.165) is 0 Å². The monoisotopic (exact) mass is 312 g/mol. The van der Waals surface area contributed by atoms with E-state index in [1.165, 1.54) is 63.1 Å². The molecule has 0 saturated carbocycles. The van der Waals surface area contributed by atoms with Gasteiger partial charge in [-0.3, -0.25) is 0 Å². The summed E-state index contributed by atoms with van der Waals surface area (Å²) in [4.78, 5) is 0. The Balaban J connectivity index is 1.82. The number of hydrogen-bond acceptors (Lipinski definition) is 0. The summed E-state index contributed by atoms with van der Waals surface area (Å²) in [6, 6.07) is 11.0. The first-order valence-corrected chi connectivity index (χ1v) is 9.68. The van der Waals surface area contributed by atoms with Crippen LogP contribution < -0.4 is 4.46 Å². The molecule has 0 fully saturated rings. The van der Waals surface area contributed by atoms with E-state index in [2.05, 4.69) is 37.3 Å². The molecule has 0 spiro atoms. The number of benzene rings is 1. The maximum absolute atomic E-state index is 2.29. The molecule has 0 radical (unpaired) electrons. The summed E-state index contributed by atoms with van der Waals surface area (Å²) < 4.78 is 1.56. The van der Waals surface area contributed by atoms with Gasteiger partial charge in [-0.05, 0) is 0 Å². The van der Waals surface area contributed by atoms with Crippen molar-refractivity contribution in [3.8, 4) is 0 Å². The van der Waals surface area contributed by atoms with Crippen LogP contribution in [0.2, 0.25) is 5.32 Å². The van der Waals surface area contributed by atoms with Crippen molar-refractivity contribution < 1.29 is 0 Å². The molecule has 0 nitrogen and oxygen atoms in total. The molecule has 0 unspecified atom stereocenters. The van der Waals surface area contributed by atoms with Gasteiger partial charge in [0, 0.05) is 0 Å². The summed E-state index contributed by atoms with van der Waals surface area (Å²) in [5.41, 5.74) is 0. The molecule has 102 valence electrons. The van der Waals surface area contributed by atoms with Gasteiger partial charge in [0.25, 0.3) is 0 Å². The normalized spacial score (nSPS) is 10.7. The van der Waals surface area contributed by atoms with Gasteiger partial charge < -0.3 is 0 Å². The minimum absolute atomic E-state index is 0.711. The zero-order valence-corrected chi connectivity index (χ0v) is 13.6. The molecule has 1 rings (SSSR count). The van der Waals surface area contributed by atoms with Gasteiger partial charge in [-0.15, -0.1) is 0 Å². The third-order valence-corrected chi connectivity index (χ3v) is 5.56. The molecular weight excluding hydrogens is 283 g/mol. The first-order chi connectivity index (χ1) is 8.93. The third kappa shape index (κ3) is 8.78. The fourth-order valence-electron chi connectivity index (χ4n) is 2.12. The van der Waals surface area contributed by atoms with Crippen LogP contribution in [0.15, 0.2) is 30.3 Å². The van der Waals surface area contributed by atoms with Gasteiger partial charge in [-0.1, -0.05) is 0 Å². The van der Waals surface area contributed by atoms with Crippen molar-refractivity contribution in [3.63, 3.8) is 0 Å². The second-order valence-corrected chi connectivity index (χ2v) is 7.44. The molecule has 1 heteroatoms. The Morgan fingerprint density at radius 3 is 1.89 bits per heavy atom. The molecule has 0 aromatic heterocycles. The van der Waals surface area contributed by atoms with Gasteiger partial charge in [-0.2, -0.15) is 0 Å². The van der Waals surface area contributed by atoms with Gasteiger partial charge in [0.1, 0.15) is 0 Å². The summed E-state index contributed by atoms with van der Waals surface area (Å²) in [6.45, 7) is 2.29. The van der Waals surface area contributed by atoms with Crippen molar-refractivity contribution in [3.05, 3.63) is 30.3 Å². The van der Waals surface area contributed by atoms with E-state index in [1.54, 1.807) is 4.46 Å². The molecule has 0 bridgehead atoms. The fraction of sp³-hybridized carbons (Fsp3) is 0.647. The Morgan fingerprint density at radius 1 is 0.722 bits per heavy atom. The first kappa shape index (κ1) is 15.8. The Labute approximate surface area is 120 Å². The number of hydrogen-bond donors (Lipinski definition) is 0. The average Bonchev–Trinajstić information content (AvgIpc) is 2.42. The minimum atomic E-state index is 0.711. The quantitative estimate of drug-likeness (QED) is 0.400. The molecule has 0 aliphatic rings. The first-order valence-electron chi connectivity index (χ1n) is 7.61. The molecule has 0 amide bonds. The van der Waals surface area contributed by atoms with Gasteiger partial charge >= 0.3 is 120 Å². The van der Waals surface area contributed by atoms with Crippen molar-refractivity contribution in [2.45, 2.75) is 70.0 Å². The van der Waals surface area contributed by atoms with Crippen molar-refractivity contribution in [1.29, 1.82) is 0 Å². The summed E-state index contributed by atoms with van der Waals surface area (Å²) in [7, 11) is 0. The van der Waals surface area contributed by atoms with Crippen molar-refractivity contribution in [2.75, 3.05) is 0 Å². The van der Waals surface area contributed by atoms with Crippen LogP contribution in [0.3, 0.4) is 0 Å². The molecule has 0 heterocycles. The maximum atomic E-state index is 2.29. The van der Waals surface area contributed by atoms with Gasteiger partial charge in [0.2, 0.25) is 0 Å². The van der Waals surface area contributed by atoms with E-state index in [1.807, 2.05) is 0 Å². The van der Waals surface area contributed by atoms with E-state index in [9.17, 15) is 0 Å². The summed E-state index contributed by atoms with van der Waals surface area (Å²) >= 11 is 0.711. The number of rotatable bonds is 11. The molecule has 0 aliphatic carbocycles. The van der Waals surface area contributed by atoms with Crippen molar-refractivity contribution >= 4 is 19.4 Å². The predicted octanol–water partition coefficient (Wildman–Crippen LogP) is 4.97. The molecule has 18 heavy (non-hydrogen) atoms. The van der Waals surface area contributed by atoms with Crippen LogP contribution in [0, 0.1) is 0 Å². The molecular formula is C17H28Se. The predicted molar refractivity (Wildman–Crippen MR) is 83.9 cm³/mol. The van der Waals surface area contributed by atoms with Gasteiger partial charge in [-0.25, -0.2) is 0 Å². The van der Waals surface area contributed by atoms with E-state index >= 15 is 0 Å². The fourth-order valence-corrected chi connectivity index (χ4v) is 4.08. The molecule has 0 N–H and O–H groups in total. The van der Waals surface area contributed by atoms with Gasteiger partial charge in [0.05, 0.1) is 0 Å². The zero-order chi connectivity index (χ0) is 12.9. The van der Waals surface area contributed by atoms with E-state index in [0.29, 0.717) is 15.0 Å². The molecule has 1 aromatic carbocycles. The Bertz CT molecular complexity index is 268. The van der Waals surface area contributed by atoms with Crippen LogP contribution in [0.1, 0.15) is 64.7 Å². The van der Waals surface area contributed by atoms with Gasteiger partial charge in [0.15, 0.2) is 0 Å². The second kappa shape index (κ2) is 11.8. The van der Waals surface area contributed by atoms with Crippen molar-refractivity contribution in [1.82, 2.24) is 0 Å². The van der Waals surface area contributed by atoms with Crippen LogP contribution in [0.4, 0.5) is 0 Å². The topological polar surface area (TPSA) is 0 Å². The van der Waals surface area contributed by atoms with Crippen LogP contribution in [0.25, 0.3) is 0 Å². The Kier molecular flexibility index (Phi) is 10.4. The molecule has 0 aliphatic heterocycles. The average molecular weight is 311 g/mol. The van der Waals surface area contributed by atoms with E-state index in [-0.39, 0.29) is 0 Å². The van der Waals surface area contributed by atoms with E-state index in [4.69, 9.17) is 0 Å². The third-order valence-electron chi connectivity index (χ3n) is 3.26. The molecule has 0 atom stereocenters. The summed E-state index contributed by atoms with van der Waals surface area (Å²) in [6.07, 6.45) is 13.0. The molecule has 1 aromatic rings. The summed E-state index contributed by atoms with van der Waals surface area (Å²) in [5.74, 6) is 0. The molecule has 0 saturated heterocycles. The number of unbranched alkanes of at least 4 members (excludes halogenated alkanes) is 8. The van der Waals surface area contributed by atoms with Crippen LogP contribution in [-0.2, 0) is 0 Å². The Hall–Kier alpha value is -0.261. The second-order valence-electron chi connectivity index (χ2n) is 4.99. The SMILES string of the molecule is CCCCCCCCCCC[Se]c1ccccc1. The van der Waals surface area contributed by atoms with Crippen molar-refractivity contribution in [2.24, 2.45) is 0 Å². The Morgan fingerprint density at radius 2 is 1.28 bits per heavy atom. The van der Waals surface area contributed by atoms with E-state index < -0.39 is 0 Å². The van der Waals surface area contributed by atoms with Crippen LogP contribution in [-0.4, -0.2) is 15.0 Å². The standard InChI is InChI=1S/C17H28Se/c1-2-3-4-5-6-7-8-9-13-16-18-17-14-11-10-12-15-17/h10-12,14-15H,2-9,13,16H2,1H3. The zero-order valence-electron chi connectivity index (χ0n) is 11.9. The van der Waals surface area contributed by atoms with Crippen LogP contribution in [0.5, 0.6) is 0 Å².